The van der Waals surface area contributed by atoms with E-state index >= 15 is 0 Å². The molecule has 2 heterocycles. The molecule has 1 aromatic carbocycles. The van der Waals surface area contributed by atoms with E-state index < -0.39 is 0 Å². The first-order chi connectivity index (χ1) is 9.81. The number of thiazole rings is 1. The van der Waals surface area contributed by atoms with Crippen molar-refractivity contribution in [2.24, 2.45) is 0 Å². The number of nitrogens with zero attached hydrogens (tertiary/aromatic N) is 2. The van der Waals surface area contributed by atoms with E-state index in [1.54, 1.807) is 12.4 Å². The number of pyridine rings is 1. The zero-order chi connectivity index (χ0) is 13.8. The lowest BCUT2D eigenvalue weighted by Gasteiger charge is -2.11. The third-order valence-corrected chi connectivity index (χ3v) is 3.57. The van der Waals surface area contributed by atoms with Crippen molar-refractivity contribution in [3.8, 4) is 11.5 Å². The molecule has 0 saturated heterocycles. The lowest BCUT2D eigenvalue weighted by Crippen LogP contribution is -1.96. The number of hydrogen-bond donors (Lipinski definition) is 1. The van der Waals surface area contributed by atoms with Gasteiger partial charge in [0.2, 0.25) is 0 Å². The molecule has 4 nitrogen and oxygen atoms in total. The monoisotopic (exact) mass is 347 g/mol. The van der Waals surface area contributed by atoms with Crippen LogP contribution >= 0.6 is 27.3 Å². The molecule has 0 aliphatic carbocycles. The Morgan fingerprint density at radius 2 is 2.00 bits per heavy atom. The van der Waals surface area contributed by atoms with Crippen molar-refractivity contribution in [2.45, 2.75) is 0 Å². The highest BCUT2D eigenvalue weighted by molar-refractivity contribution is 9.10. The van der Waals surface area contributed by atoms with Crippen LogP contribution in [0.5, 0.6) is 11.5 Å². The van der Waals surface area contributed by atoms with Crippen LogP contribution in [0, 0.1) is 0 Å². The van der Waals surface area contributed by atoms with Gasteiger partial charge in [-0.1, -0.05) is 18.2 Å². The fourth-order valence-electron chi connectivity index (χ4n) is 1.59. The average Bonchev–Trinajstić information content (AvgIpc) is 2.96. The normalized spacial score (nSPS) is 10.2. The van der Waals surface area contributed by atoms with Crippen LogP contribution in [0.2, 0.25) is 0 Å². The molecule has 0 radical (unpaired) electrons. The number of hydrogen-bond acceptors (Lipinski definition) is 5. The van der Waals surface area contributed by atoms with Crippen molar-refractivity contribution in [1.82, 2.24) is 9.97 Å². The molecule has 0 bridgehead atoms. The van der Waals surface area contributed by atoms with Gasteiger partial charge in [-0.2, -0.15) is 0 Å². The second kappa shape index (κ2) is 6.02. The molecule has 0 atom stereocenters. The van der Waals surface area contributed by atoms with Crippen molar-refractivity contribution >= 4 is 38.2 Å². The second-order valence-corrected chi connectivity index (χ2v) is 5.69. The second-order valence-electron chi connectivity index (χ2n) is 3.88. The van der Waals surface area contributed by atoms with Crippen molar-refractivity contribution in [3.05, 3.63) is 58.6 Å². The zero-order valence-electron chi connectivity index (χ0n) is 10.3. The molecule has 6 heteroatoms. The van der Waals surface area contributed by atoms with Crippen LogP contribution in [-0.4, -0.2) is 9.97 Å². The smallest absolute Gasteiger partial charge is 0.188 e. The predicted octanol–water partition coefficient (Wildman–Crippen LogP) is 4.84. The van der Waals surface area contributed by atoms with Gasteiger partial charge >= 0.3 is 0 Å². The minimum atomic E-state index is 0.631. The van der Waals surface area contributed by atoms with E-state index in [1.807, 2.05) is 41.8 Å². The number of ether oxygens (including phenoxy) is 1. The molecule has 100 valence electrons. The largest absolute Gasteiger partial charge is 0.453 e. The van der Waals surface area contributed by atoms with E-state index in [9.17, 15) is 0 Å². The van der Waals surface area contributed by atoms with Gasteiger partial charge in [0.15, 0.2) is 16.7 Å². The number of benzene rings is 1. The van der Waals surface area contributed by atoms with Gasteiger partial charge in [-0.25, -0.2) is 9.97 Å². The van der Waals surface area contributed by atoms with Crippen LogP contribution < -0.4 is 10.1 Å². The minimum Gasteiger partial charge on any atom is -0.453 e. The number of aromatic nitrogens is 2. The van der Waals surface area contributed by atoms with Crippen LogP contribution in [0.15, 0.2) is 58.6 Å². The molecular formula is C14H10BrN3OS. The Labute approximate surface area is 128 Å². The van der Waals surface area contributed by atoms with Gasteiger partial charge in [0, 0.05) is 28.3 Å². The van der Waals surface area contributed by atoms with E-state index in [2.05, 4.69) is 31.2 Å². The first-order valence-electron chi connectivity index (χ1n) is 5.86. The molecule has 0 unspecified atom stereocenters. The fraction of sp³-hybridized carbons (Fsp3) is 0. The molecule has 0 aliphatic rings. The summed E-state index contributed by atoms with van der Waals surface area (Å²) in [5.74, 6) is 2.03. The number of rotatable bonds is 4. The number of para-hydroxylation sites is 1. The molecule has 3 aromatic rings. The Hall–Kier alpha value is -1.92. The molecule has 0 amide bonds. The maximum atomic E-state index is 5.86. The van der Waals surface area contributed by atoms with Crippen molar-refractivity contribution in [2.75, 3.05) is 5.32 Å². The van der Waals surface area contributed by atoms with E-state index in [0.717, 1.165) is 15.4 Å². The summed E-state index contributed by atoms with van der Waals surface area (Å²) in [5, 5.41) is 5.83. The van der Waals surface area contributed by atoms with Crippen LogP contribution in [0.3, 0.4) is 0 Å². The molecule has 0 aliphatic heterocycles. The number of anilines is 2. The minimum absolute atomic E-state index is 0.631. The molecule has 2 aromatic heterocycles. The maximum absolute atomic E-state index is 5.86. The van der Waals surface area contributed by atoms with Gasteiger partial charge in [0.25, 0.3) is 0 Å². The molecule has 0 spiro atoms. The summed E-state index contributed by atoms with van der Waals surface area (Å²) in [6.45, 7) is 0. The highest BCUT2D eigenvalue weighted by atomic mass is 79.9. The Kier molecular flexibility index (Phi) is 3.94. The Bertz CT molecular complexity index is 689. The molecule has 0 fully saturated rings. The van der Waals surface area contributed by atoms with Crippen molar-refractivity contribution in [3.63, 3.8) is 0 Å². The van der Waals surface area contributed by atoms with Crippen LogP contribution in [0.1, 0.15) is 0 Å². The molecule has 0 saturated carbocycles. The first-order valence-corrected chi connectivity index (χ1v) is 7.53. The van der Waals surface area contributed by atoms with E-state index in [1.165, 1.54) is 11.3 Å². The third kappa shape index (κ3) is 3.15. The molecule has 1 N–H and O–H groups in total. The lowest BCUT2D eigenvalue weighted by atomic mass is 10.3. The molecule has 20 heavy (non-hydrogen) atoms. The highest BCUT2D eigenvalue weighted by Crippen LogP contribution is 2.32. The zero-order valence-corrected chi connectivity index (χ0v) is 12.7. The fourth-order valence-corrected chi connectivity index (χ4v) is 2.43. The van der Waals surface area contributed by atoms with E-state index in [-0.39, 0.29) is 0 Å². The van der Waals surface area contributed by atoms with Crippen LogP contribution in [0.25, 0.3) is 0 Å². The first kappa shape index (κ1) is 13.1. The van der Waals surface area contributed by atoms with Gasteiger partial charge in [-0.3, -0.25) is 0 Å². The maximum Gasteiger partial charge on any atom is 0.188 e. The summed E-state index contributed by atoms with van der Waals surface area (Å²) in [5.41, 5.74) is 0. The van der Waals surface area contributed by atoms with Gasteiger partial charge in [-0.15, -0.1) is 11.3 Å². The SMILES string of the molecule is Brc1cnc(Nc2nccs2)c(Oc2ccccc2)c1. The summed E-state index contributed by atoms with van der Waals surface area (Å²) in [6, 6.07) is 11.5. The molecule has 3 rings (SSSR count). The van der Waals surface area contributed by atoms with Crippen LogP contribution in [-0.2, 0) is 0 Å². The summed E-state index contributed by atoms with van der Waals surface area (Å²) in [7, 11) is 0. The van der Waals surface area contributed by atoms with Crippen molar-refractivity contribution in [1.29, 1.82) is 0 Å². The van der Waals surface area contributed by atoms with Gasteiger partial charge in [-0.05, 0) is 28.1 Å². The van der Waals surface area contributed by atoms with E-state index in [4.69, 9.17) is 4.74 Å². The Morgan fingerprint density at radius 3 is 2.75 bits per heavy atom. The quantitative estimate of drug-likeness (QED) is 0.733. The molecular weight excluding hydrogens is 338 g/mol. The number of nitrogens with one attached hydrogen (secondary N) is 1. The topological polar surface area (TPSA) is 47.0 Å². The standard InChI is InChI=1S/C14H10BrN3OS/c15-10-8-12(19-11-4-2-1-3-5-11)13(17-9-10)18-14-16-6-7-20-14/h1-9H,(H,16,17,18). The summed E-state index contributed by atoms with van der Waals surface area (Å²) in [4.78, 5) is 8.52. The Morgan fingerprint density at radius 1 is 1.15 bits per heavy atom. The van der Waals surface area contributed by atoms with Crippen molar-refractivity contribution < 1.29 is 4.74 Å². The predicted molar refractivity (Wildman–Crippen MR) is 83.8 cm³/mol. The summed E-state index contributed by atoms with van der Waals surface area (Å²) >= 11 is 4.91. The average molecular weight is 348 g/mol. The third-order valence-electron chi connectivity index (χ3n) is 2.45. The van der Waals surface area contributed by atoms with E-state index in [0.29, 0.717) is 11.6 Å². The van der Waals surface area contributed by atoms with Gasteiger partial charge in [0.05, 0.1) is 0 Å². The van der Waals surface area contributed by atoms with Gasteiger partial charge < -0.3 is 10.1 Å². The number of halogens is 1. The summed E-state index contributed by atoms with van der Waals surface area (Å²) < 4.78 is 6.72. The summed E-state index contributed by atoms with van der Waals surface area (Å²) in [6.07, 6.45) is 3.46. The lowest BCUT2D eigenvalue weighted by molar-refractivity contribution is 0.482. The van der Waals surface area contributed by atoms with Crippen LogP contribution in [0.4, 0.5) is 10.9 Å². The highest BCUT2D eigenvalue weighted by Gasteiger charge is 2.09. The Balaban J connectivity index is 1.90. The van der Waals surface area contributed by atoms with Gasteiger partial charge in [0.1, 0.15) is 5.75 Å².